The smallest absolute Gasteiger partial charge is 0.0434 e. The van der Waals surface area contributed by atoms with Gasteiger partial charge in [0.1, 0.15) is 0 Å². The maximum atomic E-state index is 2.49. The first-order chi connectivity index (χ1) is 25.5. The van der Waals surface area contributed by atoms with Gasteiger partial charge in [-0.15, -0.1) is 11.3 Å². The third-order valence-electron chi connectivity index (χ3n) is 11.6. The molecule has 1 aromatic heterocycles. The zero-order valence-electron chi connectivity index (χ0n) is 29.1. The molecule has 0 bridgehead atoms. The van der Waals surface area contributed by atoms with Crippen LogP contribution in [0.4, 0.5) is 0 Å². The normalized spacial score (nSPS) is 13.3. The molecule has 0 unspecified atom stereocenters. The summed E-state index contributed by atoms with van der Waals surface area (Å²) in [6.45, 7) is 4.77. The van der Waals surface area contributed by atoms with Gasteiger partial charge in [-0.1, -0.05) is 153 Å². The third kappa shape index (κ3) is 4.21. The number of thiophene rings is 1. The molecule has 0 atom stereocenters. The van der Waals surface area contributed by atoms with E-state index >= 15 is 0 Å². The molecule has 0 aliphatic heterocycles. The first-order valence-electron chi connectivity index (χ1n) is 18.2. The SMILES string of the molecule is CC1(C)c2ccc(-c3cccc(-c4c5ccccc5c(-c5ccccc5)c5ccccc45)c3)cc2-c2cc3c(ccc4c5ccccc5sc34)cc21. The van der Waals surface area contributed by atoms with E-state index < -0.39 is 0 Å². The van der Waals surface area contributed by atoms with E-state index in [1.54, 1.807) is 0 Å². The Morgan fingerprint density at radius 2 is 0.942 bits per heavy atom. The Kier molecular flexibility index (Phi) is 6.27. The van der Waals surface area contributed by atoms with Crippen molar-refractivity contribution in [1.82, 2.24) is 0 Å². The number of fused-ring (bicyclic) bond motifs is 10. The van der Waals surface area contributed by atoms with Gasteiger partial charge in [-0.2, -0.15) is 0 Å². The van der Waals surface area contributed by atoms with Crippen molar-refractivity contribution in [1.29, 1.82) is 0 Å². The van der Waals surface area contributed by atoms with Crippen molar-refractivity contribution in [2.45, 2.75) is 19.3 Å². The molecule has 0 saturated heterocycles. The van der Waals surface area contributed by atoms with Crippen molar-refractivity contribution in [3.63, 3.8) is 0 Å². The lowest BCUT2D eigenvalue weighted by Crippen LogP contribution is -2.14. The van der Waals surface area contributed by atoms with Crippen molar-refractivity contribution >= 4 is 63.8 Å². The van der Waals surface area contributed by atoms with E-state index in [4.69, 9.17) is 0 Å². The fourth-order valence-corrected chi connectivity index (χ4v) is 10.4. The van der Waals surface area contributed by atoms with Crippen LogP contribution in [0.3, 0.4) is 0 Å². The molecule has 0 spiro atoms. The molecule has 0 amide bonds. The number of hydrogen-bond acceptors (Lipinski definition) is 1. The second kappa shape index (κ2) is 11.0. The average Bonchev–Trinajstić information content (AvgIpc) is 3.68. The second-order valence-corrected chi connectivity index (χ2v) is 15.9. The molecule has 9 aromatic carbocycles. The maximum Gasteiger partial charge on any atom is 0.0434 e. The molecule has 0 saturated carbocycles. The van der Waals surface area contributed by atoms with Gasteiger partial charge < -0.3 is 0 Å². The van der Waals surface area contributed by atoms with E-state index in [0.717, 1.165) is 0 Å². The Labute approximate surface area is 307 Å². The number of benzene rings is 9. The van der Waals surface area contributed by atoms with Crippen LogP contribution in [0.5, 0.6) is 0 Å². The van der Waals surface area contributed by atoms with Crippen molar-refractivity contribution in [2.75, 3.05) is 0 Å². The van der Waals surface area contributed by atoms with Crippen molar-refractivity contribution < 1.29 is 0 Å². The van der Waals surface area contributed by atoms with E-state index in [-0.39, 0.29) is 5.41 Å². The Balaban J connectivity index is 1.10. The van der Waals surface area contributed by atoms with E-state index in [1.807, 2.05) is 11.3 Å². The quantitative estimate of drug-likeness (QED) is 0.163. The van der Waals surface area contributed by atoms with Crippen LogP contribution in [0.25, 0.3) is 97.0 Å². The zero-order valence-corrected chi connectivity index (χ0v) is 29.9. The predicted molar refractivity (Wildman–Crippen MR) is 226 cm³/mol. The van der Waals surface area contributed by atoms with Gasteiger partial charge in [-0.3, -0.25) is 0 Å². The van der Waals surface area contributed by atoms with Gasteiger partial charge in [0, 0.05) is 31.0 Å². The molecule has 0 N–H and O–H groups in total. The van der Waals surface area contributed by atoms with Crippen molar-refractivity contribution in [2.24, 2.45) is 0 Å². The molecule has 10 aromatic rings. The Bertz CT molecular complexity index is 3030. The topological polar surface area (TPSA) is 0 Å². The zero-order chi connectivity index (χ0) is 34.6. The van der Waals surface area contributed by atoms with E-state index in [2.05, 4.69) is 184 Å². The van der Waals surface area contributed by atoms with Gasteiger partial charge in [-0.05, 0) is 113 Å². The summed E-state index contributed by atoms with van der Waals surface area (Å²) < 4.78 is 2.73. The van der Waals surface area contributed by atoms with Gasteiger partial charge in [0.15, 0.2) is 0 Å². The summed E-state index contributed by atoms with van der Waals surface area (Å²) in [7, 11) is 0. The summed E-state index contributed by atoms with van der Waals surface area (Å²) >= 11 is 1.92. The van der Waals surface area contributed by atoms with Crippen molar-refractivity contribution in [3.8, 4) is 44.5 Å². The van der Waals surface area contributed by atoms with Crippen molar-refractivity contribution in [3.05, 3.63) is 181 Å². The van der Waals surface area contributed by atoms with E-state index in [1.165, 1.54) is 108 Å². The van der Waals surface area contributed by atoms with Crippen LogP contribution in [-0.2, 0) is 5.41 Å². The first-order valence-corrected chi connectivity index (χ1v) is 19.0. The highest BCUT2D eigenvalue weighted by molar-refractivity contribution is 7.26. The van der Waals surface area contributed by atoms with Crippen LogP contribution >= 0.6 is 11.3 Å². The highest BCUT2D eigenvalue weighted by Gasteiger charge is 2.36. The molecule has 11 rings (SSSR count). The minimum absolute atomic E-state index is 0.0767. The van der Waals surface area contributed by atoms with Gasteiger partial charge in [0.25, 0.3) is 0 Å². The first kappa shape index (κ1) is 29.7. The highest BCUT2D eigenvalue weighted by atomic mass is 32.1. The molecular weight excluding hydrogens is 645 g/mol. The molecule has 1 aliphatic carbocycles. The monoisotopic (exact) mass is 678 g/mol. The molecule has 244 valence electrons. The fraction of sp³-hybridized carbons (Fsp3) is 0.0588. The van der Waals surface area contributed by atoms with E-state index in [9.17, 15) is 0 Å². The molecule has 0 radical (unpaired) electrons. The highest BCUT2D eigenvalue weighted by Crippen LogP contribution is 2.52. The molecule has 52 heavy (non-hydrogen) atoms. The molecule has 1 aliphatic rings. The summed E-state index contributed by atoms with van der Waals surface area (Å²) in [5.74, 6) is 0. The fourth-order valence-electron chi connectivity index (χ4n) is 9.14. The van der Waals surface area contributed by atoms with Crippen LogP contribution in [0.1, 0.15) is 25.0 Å². The third-order valence-corrected chi connectivity index (χ3v) is 12.9. The Morgan fingerprint density at radius 3 is 1.67 bits per heavy atom. The predicted octanol–water partition coefficient (Wildman–Crippen LogP) is 14.8. The molecule has 1 heteroatoms. The van der Waals surface area contributed by atoms with Crippen LogP contribution in [0.2, 0.25) is 0 Å². The summed E-state index contributed by atoms with van der Waals surface area (Å²) in [4.78, 5) is 0. The van der Waals surface area contributed by atoms with Crippen LogP contribution < -0.4 is 0 Å². The maximum absolute atomic E-state index is 2.49. The van der Waals surface area contributed by atoms with Gasteiger partial charge in [0.05, 0.1) is 0 Å². The lowest BCUT2D eigenvalue weighted by Gasteiger charge is -2.22. The average molecular weight is 679 g/mol. The van der Waals surface area contributed by atoms with Gasteiger partial charge in [0.2, 0.25) is 0 Å². The van der Waals surface area contributed by atoms with Crippen LogP contribution in [-0.4, -0.2) is 0 Å². The Hall–Kier alpha value is -6.02. The molecular formula is C51H34S. The molecule has 0 nitrogen and oxygen atoms in total. The number of hydrogen-bond donors (Lipinski definition) is 0. The largest absolute Gasteiger partial charge is 0.135 e. The summed E-state index contributed by atoms with van der Waals surface area (Å²) in [6, 6.07) is 63.5. The lowest BCUT2D eigenvalue weighted by atomic mass is 9.81. The summed E-state index contributed by atoms with van der Waals surface area (Å²) in [5, 5.41) is 10.5. The van der Waals surface area contributed by atoms with E-state index in [0.29, 0.717) is 0 Å². The minimum atomic E-state index is -0.0767. The second-order valence-electron chi connectivity index (χ2n) is 14.8. The lowest BCUT2D eigenvalue weighted by molar-refractivity contribution is 0.661. The summed E-state index contributed by atoms with van der Waals surface area (Å²) in [5.41, 5.74) is 13.0. The molecule has 1 heterocycles. The van der Waals surface area contributed by atoms with Gasteiger partial charge in [-0.25, -0.2) is 0 Å². The summed E-state index contributed by atoms with van der Waals surface area (Å²) in [6.07, 6.45) is 0. The standard InChI is InChI=1S/C51H34S/c1-51(2)45-26-24-33(28-43(45)44-30-42-34(29-46(44)51)23-25-41-36-17-10-11-22-47(36)52-50(41)42)32-15-12-16-35(27-32)49-39-20-8-6-18-37(39)48(31-13-4-3-5-14-31)38-19-7-9-21-40(38)49/h3-30H,1-2H3. The van der Waals surface area contributed by atoms with Crippen LogP contribution in [0, 0.1) is 0 Å². The molecule has 0 fully saturated rings. The van der Waals surface area contributed by atoms with Crippen LogP contribution in [0.15, 0.2) is 170 Å². The Morgan fingerprint density at radius 1 is 0.365 bits per heavy atom. The van der Waals surface area contributed by atoms with Gasteiger partial charge >= 0.3 is 0 Å². The number of rotatable bonds is 3. The minimum Gasteiger partial charge on any atom is -0.135 e.